The molecule has 0 N–H and O–H groups in total. The second kappa shape index (κ2) is 6.86. The van der Waals surface area contributed by atoms with Crippen LogP contribution < -0.4 is 0 Å². The van der Waals surface area contributed by atoms with Crippen molar-refractivity contribution in [1.82, 2.24) is 0 Å². The Morgan fingerprint density at radius 1 is 1.17 bits per heavy atom. The number of halogens is 1. The molecule has 0 spiro atoms. The molecule has 0 unspecified atom stereocenters. The molecular weight excluding hydrogens is 244 g/mol. The lowest BCUT2D eigenvalue weighted by Crippen LogP contribution is -2.03. The lowest BCUT2D eigenvalue weighted by Gasteiger charge is -2.00. The lowest BCUT2D eigenvalue weighted by atomic mass is 10.2. The molecule has 5 heteroatoms. The fraction of sp³-hybridized carbons (Fsp3) is 1.00. The molecule has 0 saturated heterocycles. The molecule has 0 rings (SSSR count). The molecule has 0 aromatic carbocycles. The van der Waals surface area contributed by atoms with E-state index >= 15 is 0 Å². The second-order valence-corrected chi connectivity index (χ2v) is 5.07. The van der Waals surface area contributed by atoms with Crippen molar-refractivity contribution in [3.05, 3.63) is 0 Å². The van der Waals surface area contributed by atoms with E-state index in [1.807, 2.05) is 0 Å². The average molecular weight is 259 g/mol. The summed E-state index contributed by atoms with van der Waals surface area (Å²) in [7, 11) is -3.23. The van der Waals surface area contributed by atoms with Crippen LogP contribution in [0.15, 0.2) is 0 Å². The molecule has 0 aliphatic rings. The maximum Gasteiger partial charge on any atom is 0.264 e. The summed E-state index contributed by atoms with van der Waals surface area (Å²) in [6, 6.07) is 0. The van der Waals surface area contributed by atoms with Gasteiger partial charge in [-0.15, -0.1) is 0 Å². The van der Waals surface area contributed by atoms with Crippen LogP contribution in [0, 0.1) is 0 Å². The Balaban J connectivity index is 3.12. The predicted molar refractivity (Wildman–Crippen MR) is 53.1 cm³/mol. The summed E-state index contributed by atoms with van der Waals surface area (Å²) in [6.07, 6.45) is 5.18. The first-order valence-electron chi connectivity index (χ1n) is 3.96. The van der Waals surface area contributed by atoms with E-state index in [1.54, 1.807) is 0 Å². The Bertz CT molecular complexity index is 189. The van der Waals surface area contributed by atoms with Crippen molar-refractivity contribution in [1.29, 1.82) is 0 Å². The van der Waals surface area contributed by atoms with Crippen molar-refractivity contribution in [3.63, 3.8) is 0 Å². The van der Waals surface area contributed by atoms with Crippen LogP contribution in [-0.2, 0) is 14.3 Å². The summed E-state index contributed by atoms with van der Waals surface area (Å²) in [4.78, 5) is 0. The molecule has 0 amide bonds. The minimum atomic E-state index is -3.23. The van der Waals surface area contributed by atoms with Crippen molar-refractivity contribution in [2.45, 2.75) is 25.7 Å². The van der Waals surface area contributed by atoms with Crippen LogP contribution in [-0.4, -0.2) is 26.6 Å². The molecule has 0 aliphatic carbocycles. The fourth-order valence-corrected chi connectivity index (χ4v) is 1.58. The van der Waals surface area contributed by atoms with Crippen LogP contribution in [0.5, 0.6) is 0 Å². The van der Waals surface area contributed by atoms with E-state index in [-0.39, 0.29) is 0 Å². The fourth-order valence-electron chi connectivity index (χ4n) is 0.760. The molecule has 74 valence electrons. The molecule has 0 bridgehead atoms. The summed E-state index contributed by atoms with van der Waals surface area (Å²) in [5.74, 6) is 0. The summed E-state index contributed by atoms with van der Waals surface area (Å²) in [5, 5.41) is 1.01. The highest BCUT2D eigenvalue weighted by atomic mass is 79.9. The van der Waals surface area contributed by atoms with E-state index in [0.717, 1.165) is 37.3 Å². The topological polar surface area (TPSA) is 43.4 Å². The van der Waals surface area contributed by atoms with Crippen molar-refractivity contribution < 1.29 is 12.6 Å². The summed E-state index contributed by atoms with van der Waals surface area (Å²) >= 11 is 3.32. The van der Waals surface area contributed by atoms with Crippen LogP contribution in [0.2, 0.25) is 0 Å². The number of unbranched alkanes of at least 4 members (excludes halogenated alkanes) is 3. The van der Waals surface area contributed by atoms with Gasteiger partial charge in [0.2, 0.25) is 0 Å². The molecule has 12 heavy (non-hydrogen) atoms. The van der Waals surface area contributed by atoms with Crippen LogP contribution in [0.4, 0.5) is 0 Å². The highest BCUT2D eigenvalue weighted by Crippen LogP contribution is 2.02. The van der Waals surface area contributed by atoms with Gasteiger partial charge in [-0.25, -0.2) is 0 Å². The molecule has 0 aromatic heterocycles. The van der Waals surface area contributed by atoms with E-state index in [9.17, 15) is 8.42 Å². The smallest absolute Gasteiger partial charge is 0.264 e. The van der Waals surface area contributed by atoms with Crippen molar-refractivity contribution >= 4 is 26.0 Å². The molecule has 0 aliphatic heterocycles. The largest absolute Gasteiger partial charge is 0.270 e. The van der Waals surface area contributed by atoms with Gasteiger partial charge in [-0.2, -0.15) is 8.42 Å². The van der Waals surface area contributed by atoms with Gasteiger partial charge < -0.3 is 0 Å². The van der Waals surface area contributed by atoms with Crippen LogP contribution in [0.3, 0.4) is 0 Å². The Hall–Kier alpha value is 0.390. The quantitative estimate of drug-likeness (QED) is 0.398. The zero-order valence-corrected chi connectivity index (χ0v) is 9.66. The highest BCUT2D eigenvalue weighted by Gasteiger charge is 1.99. The Morgan fingerprint density at radius 3 is 2.25 bits per heavy atom. The molecular formula is C7H15BrO3S. The van der Waals surface area contributed by atoms with Gasteiger partial charge in [-0.1, -0.05) is 28.8 Å². The van der Waals surface area contributed by atoms with Gasteiger partial charge in [0.1, 0.15) is 0 Å². The minimum absolute atomic E-state index is 0.321. The maximum atomic E-state index is 10.5. The minimum Gasteiger partial charge on any atom is -0.270 e. The predicted octanol–water partition coefficient (Wildman–Crippen LogP) is 1.92. The van der Waals surface area contributed by atoms with Gasteiger partial charge in [-0.05, 0) is 12.8 Å². The highest BCUT2D eigenvalue weighted by molar-refractivity contribution is 9.09. The Morgan fingerprint density at radius 2 is 1.75 bits per heavy atom. The van der Waals surface area contributed by atoms with E-state index in [4.69, 9.17) is 0 Å². The van der Waals surface area contributed by atoms with Crippen molar-refractivity contribution in [2.75, 3.05) is 18.2 Å². The van der Waals surface area contributed by atoms with Crippen LogP contribution in [0.1, 0.15) is 25.7 Å². The molecule has 0 saturated carbocycles. The molecule has 3 nitrogen and oxygen atoms in total. The molecule has 0 radical (unpaired) electrons. The zero-order chi connectivity index (χ0) is 9.45. The number of rotatable bonds is 7. The number of hydrogen-bond donors (Lipinski definition) is 0. The van der Waals surface area contributed by atoms with E-state index in [0.29, 0.717) is 6.61 Å². The van der Waals surface area contributed by atoms with Crippen molar-refractivity contribution in [2.24, 2.45) is 0 Å². The van der Waals surface area contributed by atoms with E-state index < -0.39 is 10.1 Å². The number of alkyl halides is 1. The third kappa shape index (κ3) is 10.4. The van der Waals surface area contributed by atoms with Gasteiger partial charge in [0.25, 0.3) is 10.1 Å². The normalized spacial score (nSPS) is 11.8. The summed E-state index contributed by atoms with van der Waals surface area (Å²) in [5.41, 5.74) is 0. The second-order valence-electron chi connectivity index (χ2n) is 2.63. The van der Waals surface area contributed by atoms with Crippen molar-refractivity contribution in [3.8, 4) is 0 Å². The Labute approximate surface area is 82.7 Å². The Kier molecular flexibility index (Phi) is 7.08. The third-order valence-electron chi connectivity index (χ3n) is 1.33. The van der Waals surface area contributed by atoms with E-state index in [2.05, 4.69) is 20.1 Å². The van der Waals surface area contributed by atoms with Crippen LogP contribution in [0.25, 0.3) is 0 Å². The van der Waals surface area contributed by atoms with Crippen LogP contribution >= 0.6 is 15.9 Å². The molecule has 0 atom stereocenters. The first-order valence-corrected chi connectivity index (χ1v) is 6.90. The van der Waals surface area contributed by atoms with Gasteiger partial charge in [-0.3, -0.25) is 4.18 Å². The number of hydrogen-bond acceptors (Lipinski definition) is 3. The molecule has 0 heterocycles. The summed E-state index contributed by atoms with van der Waals surface area (Å²) < 4.78 is 25.6. The first kappa shape index (κ1) is 12.4. The maximum absolute atomic E-state index is 10.5. The van der Waals surface area contributed by atoms with Gasteiger partial charge in [0.05, 0.1) is 12.9 Å². The van der Waals surface area contributed by atoms with Gasteiger partial charge >= 0.3 is 0 Å². The standard InChI is InChI=1S/C7H15BrO3S/c1-12(9,10)11-7-5-3-2-4-6-8/h2-7H2,1H3. The van der Waals surface area contributed by atoms with Gasteiger partial charge in [0, 0.05) is 5.33 Å². The SMILES string of the molecule is CS(=O)(=O)OCCCCCCBr. The van der Waals surface area contributed by atoms with E-state index in [1.165, 1.54) is 0 Å². The van der Waals surface area contributed by atoms with Gasteiger partial charge in [0.15, 0.2) is 0 Å². The monoisotopic (exact) mass is 258 g/mol. The third-order valence-corrected chi connectivity index (χ3v) is 2.48. The lowest BCUT2D eigenvalue weighted by molar-refractivity contribution is 0.310. The average Bonchev–Trinajstić information content (AvgIpc) is 1.94. The summed E-state index contributed by atoms with van der Waals surface area (Å²) in [6.45, 7) is 0.321. The first-order chi connectivity index (χ1) is 5.56. The molecule has 0 aromatic rings. The zero-order valence-electron chi connectivity index (χ0n) is 7.25. The molecule has 0 fully saturated rings.